The van der Waals surface area contributed by atoms with Gasteiger partial charge in [0, 0.05) is 23.7 Å². The van der Waals surface area contributed by atoms with Crippen LogP contribution in [0.1, 0.15) is 28.2 Å². The van der Waals surface area contributed by atoms with Crippen LogP contribution in [0.25, 0.3) is 10.6 Å². The molecule has 1 aliphatic heterocycles. The van der Waals surface area contributed by atoms with E-state index < -0.39 is 6.10 Å². The highest BCUT2D eigenvalue weighted by molar-refractivity contribution is 7.17. The number of halogens is 1. The van der Waals surface area contributed by atoms with Crippen molar-refractivity contribution >= 4 is 28.8 Å². The fraction of sp³-hybridized carbons (Fsp3) is 0.375. The van der Waals surface area contributed by atoms with E-state index in [4.69, 9.17) is 11.6 Å². The minimum Gasteiger partial charge on any atom is -0.391 e. The summed E-state index contributed by atoms with van der Waals surface area (Å²) in [5.41, 5.74) is 1.69. The maximum atomic E-state index is 12.6. The van der Waals surface area contributed by atoms with Crippen LogP contribution < -0.4 is 0 Å². The number of aliphatic hydroxyl groups is 1. The zero-order valence-electron chi connectivity index (χ0n) is 12.3. The van der Waals surface area contributed by atoms with Crippen LogP contribution in [-0.2, 0) is 0 Å². The predicted molar refractivity (Wildman–Crippen MR) is 88.4 cm³/mol. The Balaban J connectivity index is 1.85. The average molecular weight is 337 g/mol. The van der Waals surface area contributed by atoms with E-state index in [-0.39, 0.29) is 5.91 Å². The minimum atomic E-state index is -0.415. The van der Waals surface area contributed by atoms with Gasteiger partial charge < -0.3 is 10.0 Å². The van der Waals surface area contributed by atoms with E-state index >= 15 is 0 Å². The molecule has 22 heavy (non-hydrogen) atoms. The van der Waals surface area contributed by atoms with Gasteiger partial charge in [0.2, 0.25) is 0 Å². The summed E-state index contributed by atoms with van der Waals surface area (Å²) in [6, 6.07) is 7.44. The third-order valence-corrected chi connectivity index (χ3v) is 5.21. The Morgan fingerprint density at radius 3 is 2.82 bits per heavy atom. The second kappa shape index (κ2) is 6.36. The van der Waals surface area contributed by atoms with Crippen molar-refractivity contribution in [2.45, 2.75) is 25.9 Å². The van der Waals surface area contributed by atoms with Crippen LogP contribution in [0.3, 0.4) is 0 Å². The third-order valence-electron chi connectivity index (χ3n) is 3.77. The van der Waals surface area contributed by atoms with Gasteiger partial charge in [-0.15, -0.1) is 11.3 Å². The second-order valence-electron chi connectivity index (χ2n) is 5.49. The Labute approximate surface area is 138 Å². The molecule has 0 saturated carbocycles. The van der Waals surface area contributed by atoms with E-state index in [1.54, 1.807) is 4.90 Å². The predicted octanol–water partition coefficient (Wildman–Crippen LogP) is 3.37. The number of amides is 1. The number of β-amino-alcohol motifs (C(OH)–C–C–N with tert-alkyl or cyclic N) is 1. The molecular formula is C16H17ClN2O2S. The van der Waals surface area contributed by atoms with Crippen molar-refractivity contribution < 1.29 is 9.90 Å². The lowest BCUT2D eigenvalue weighted by Gasteiger charge is -2.29. The lowest BCUT2D eigenvalue weighted by atomic mass is 10.1. The summed E-state index contributed by atoms with van der Waals surface area (Å²) in [4.78, 5) is 19.5. The monoisotopic (exact) mass is 336 g/mol. The maximum absolute atomic E-state index is 12.6. The summed E-state index contributed by atoms with van der Waals surface area (Å²) in [7, 11) is 0. The lowest BCUT2D eigenvalue weighted by Crippen LogP contribution is -2.42. The molecule has 6 heteroatoms. The highest BCUT2D eigenvalue weighted by Crippen LogP contribution is 2.30. The summed E-state index contributed by atoms with van der Waals surface area (Å²) in [5, 5.41) is 11.2. The molecule has 1 N–H and O–H groups in total. The Bertz CT molecular complexity index is 684. The molecule has 2 heterocycles. The zero-order chi connectivity index (χ0) is 15.7. The average Bonchev–Trinajstić information content (AvgIpc) is 2.89. The van der Waals surface area contributed by atoms with E-state index in [1.807, 2.05) is 31.2 Å². The first-order valence-electron chi connectivity index (χ1n) is 7.25. The number of hydrogen-bond donors (Lipinski definition) is 1. The Kier molecular flexibility index (Phi) is 4.47. The highest BCUT2D eigenvalue weighted by Gasteiger charge is 2.26. The van der Waals surface area contributed by atoms with Gasteiger partial charge in [0.25, 0.3) is 5.91 Å². The van der Waals surface area contributed by atoms with Gasteiger partial charge in [0.1, 0.15) is 9.88 Å². The number of likely N-dealkylation sites (tertiary alicyclic amines) is 1. The van der Waals surface area contributed by atoms with E-state index in [9.17, 15) is 9.90 Å². The van der Waals surface area contributed by atoms with Gasteiger partial charge in [0.05, 0.1) is 11.8 Å². The van der Waals surface area contributed by atoms with Crippen molar-refractivity contribution in [3.63, 3.8) is 0 Å². The van der Waals surface area contributed by atoms with Crippen molar-refractivity contribution in [2.75, 3.05) is 13.1 Å². The first-order valence-corrected chi connectivity index (χ1v) is 8.45. The fourth-order valence-electron chi connectivity index (χ4n) is 2.59. The number of nitrogens with zero attached hydrogens (tertiary/aromatic N) is 2. The Morgan fingerprint density at radius 2 is 2.14 bits per heavy atom. The van der Waals surface area contributed by atoms with Crippen LogP contribution in [0.4, 0.5) is 0 Å². The lowest BCUT2D eigenvalue weighted by molar-refractivity contribution is 0.0477. The van der Waals surface area contributed by atoms with Gasteiger partial charge in [0.15, 0.2) is 0 Å². The summed E-state index contributed by atoms with van der Waals surface area (Å²) >= 11 is 7.29. The second-order valence-corrected chi connectivity index (χ2v) is 6.92. The first kappa shape index (κ1) is 15.5. The van der Waals surface area contributed by atoms with Crippen molar-refractivity contribution in [1.82, 2.24) is 9.88 Å². The number of thiazole rings is 1. The molecule has 1 saturated heterocycles. The van der Waals surface area contributed by atoms with Gasteiger partial charge in [-0.2, -0.15) is 0 Å². The van der Waals surface area contributed by atoms with Crippen molar-refractivity contribution in [3.8, 4) is 10.6 Å². The zero-order valence-corrected chi connectivity index (χ0v) is 13.8. The molecule has 1 atom stereocenters. The standard InChI is InChI=1S/C16H17ClN2O2S/c1-10-14(16(21)19-8-2-3-13(20)9-19)22-15(18-10)11-4-6-12(17)7-5-11/h4-7,13,20H,2-3,8-9H2,1H3/t13-/m1/s1. The highest BCUT2D eigenvalue weighted by atomic mass is 35.5. The molecule has 2 aromatic rings. The third kappa shape index (κ3) is 3.16. The molecule has 1 fully saturated rings. The summed E-state index contributed by atoms with van der Waals surface area (Å²) in [6.45, 7) is 2.96. The molecule has 0 unspecified atom stereocenters. The largest absolute Gasteiger partial charge is 0.391 e. The first-order chi connectivity index (χ1) is 10.5. The topological polar surface area (TPSA) is 53.4 Å². The summed E-state index contributed by atoms with van der Waals surface area (Å²) in [6.07, 6.45) is 1.19. The molecule has 0 bridgehead atoms. The molecule has 1 aliphatic rings. The van der Waals surface area contributed by atoms with Crippen LogP contribution in [-0.4, -0.2) is 40.1 Å². The van der Waals surface area contributed by atoms with Crippen LogP contribution in [0, 0.1) is 6.92 Å². The van der Waals surface area contributed by atoms with E-state index in [0.717, 1.165) is 29.1 Å². The minimum absolute atomic E-state index is 0.0334. The molecule has 116 valence electrons. The quantitative estimate of drug-likeness (QED) is 0.914. The molecule has 3 rings (SSSR count). The molecule has 0 radical (unpaired) electrons. The number of hydrogen-bond acceptors (Lipinski definition) is 4. The number of carbonyl (C=O) groups excluding carboxylic acids is 1. The van der Waals surface area contributed by atoms with Gasteiger partial charge in [-0.25, -0.2) is 4.98 Å². The van der Waals surface area contributed by atoms with Crippen LogP contribution in [0.5, 0.6) is 0 Å². The number of rotatable bonds is 2. The summed E-state index contributed by atoms with van der Waals surface area (Å²) < 4.78 is 0. The maximum Gasteiger partial charge on any atom is 0.265 e. The number of benzene rings is 1. The fourth-order valence-corrected chi connectivity index (χ4v) is 3.76. The molecule has 1 aromatic heterocycles. The van der Waals surface area contributed by atoms with Crippen LogP contribution in [0.2, 0.25) is 5.02 Å². The molecule has 0 aliphatic carbocycles. The molecule has 1 aromatic carbocycles. The number of aliphatic hydroxyl groups excluding tert-OH is 1. The van der Waals surface area contributed by atoms with E-state index in [0.29, 0.717) is 23.0 Å². The Morgan fingerprint density at radius 1 is 1.41 bits per heavy atom. The summed E-state index contributed by atoms with van der Waals surface area (Å²) in [5.74, 6) is -0.0334. The van der Waals surface area contributed by atoms with Crippen molar-refractivity contribution in [3.05, 3.63) is 39.9 Å². The van der Waals surface area contributed by atoms with Gasteiger partial charge in [-0.1, -0.05) is 23.7 Å². The Hall–Kier alpha value is -1.43. The van der Waals surface area contributed by atoms with Gasteiger partial charge in [-0.3, -0.25) is 4.79 Å². The van der Waals surface area contributed by atoms with Gasteiger partial charge in [-0.05, 0) is 31.9 Å². The van der Waals surface area contributed by atoms with Gasteiger partial charge >= 0.3 is 0 Å². The van der Waals surface area contributed by atoms with Crippen molar-refractivity contribution in [1.29, 1.82) is 0 Å². The molecule has 4 nitrogen and oxygen atoms in total. The number of aryl methyl sites for hydroxylation is 1. The number of aromatic nitrogens is 1. The van der Waals surface area contributed by atoms with Crippen LogP contribution in [0.15, 0.2) is 24.3 Å². The molecule has 1 amide bonds. The molecular weight excluding hydrogens is 320 g/mol. The van der Waals surface area contributed by atoms with Crippen molar-refractivity contribution in [2.24, 2.45) is 0 Å². The SMILES string of the molecule is Cc1nc(-c2ccc(Cl)cc2)sc1C(=O)N1CCC[C@@H](O)C1. The number of piperidine rings is 1. The van der Waals surface area contributed by atoms with Crippen LogP contribution >= 0.6 is 22.9 Å². The van der Waals surface area contributed by atoms with E-state index in [2.05, 4.69) is 4.98 Å². The number of carbonyl (C=O) groups is 1. The molecule has 0 spiro atoms. The van der Waals surface area contributed by atoms with E-state index in [1.165, 1.54) is 11.3 Å². The normalized spacial score (nSPS) is 18.5. The smallest absolute Gasteiger partial charge is 0.265 e.